The minimum absolute atomic E-state index is 0.732. The molecule has 6 nitrogen and oxygen atoms in total. The van der Waals surface area contributed by atoms with E-state index >= 15 is 0 Å². The number of H-pyrrole nitrogens is 1. The van der Waals surface area contributed by atoms with Crippen LogP contribution in [-0.4, -0.2) is 33.4 Å². The smallest absolute Gasteiger partial charge is 0.121 e. The molecule has 0 aliphatic heterocycles. The summed E-state index contributed by atoms with van der Waals surface area (Å²) in [5.74, 6) is 2.56. The first kappa shape index (κ1) is 21.8. The highest BCUT2D eigenvalue weighted by Gasteiger charge is 2.16. The summed E-state index contributed by atoms with van der Waals surface area (Å²) in [7, 11) is 0. The van der Waals surface area contributed by atoms with Gasteiger partial charge >= 0.3 is 0 Å². The van der Waals surface area contributed by atoms with Crippen LogP contribution in [0.4, 0.5) is 0 Å². The third-order valence-electron chi connectivity index (χ3n) is 5.32. The van der Waals surface area contributed by atoms with Gasteiger partial charge in [0.2, 0.25) is 0 Å². The number of imidazole rings is 1. The molecule has 166 valence electrons. The molecule has 0 saturated carbocycles. The van der Waals surface area contributed by atoms with Crippen molar-refractivity contribution in [1.29, 1.82) is 0 Å². The zero-order chi connectivity index (χ0) is 22.3. The second-order valence-electron chi connectivity index (χ2n) is 7.90. The fraction of sp³-hybridized carbons (Fsp3) is 0.346. The number of unbranched alkanes of at least 4 members (excludes halogenated alkanes) is 2. The third-order valence-corrected chi connectivity index (χ3v) is 5.32. The van der Waals surface area contributed by atoms with E-state index in [2.05, 4.69) is 29.0 Å². The van der Waals surface area contributed by atoms with Crippen LogP contribution in [0.5, 0.6) is 11.5 Å². The van der Waals surface area contributed by atoms with Crippen molar-refractivity contribution in [3.8, 4) is 34.0 Å². The summed E-state index contributed by atoms with van der Waals surface area (Å²) in [4.78, 5) is 8.08. The van der Waals surface area contributed by atoms with Crippen molar-refractivity contribution < 1.29 is 9.47 Å². The van der Waals surface area contributed by atoms with Crippen molar-refractivity contribution in [2.75, 3.05) is 13.2 Å². The molecule has 2 heterocycles. The predicted molar refractivity (Wildman–Crippen MR) is 128 cm³/mol. The van der Waals surface area contributed by atoms with Crippen LogP contribution in [0.25, 0.3) is 33.5 Å². The van der Waals surface area contributed by atoms with Crippen LogP contribution in [0.1, 0.15) is 45.4 Å². The topological polar surface area (TPSA) is 72.9 Å². The van der Waals surface area contributed by atoms with Gasteiger partial charge in [0, 0.05) is 11.1 Å². The number of fused-ring (bicyclic) bond motifs is 1. The van der Waals surface area contributed by atoms with Crippen molar-refractivity contribution in [3.05, 3.63) is 54.4 Å². The van der Waals surface area contributed by atoms with E-state index in [1.807, 2.05) is 55.5 Å². The summed E-state index contributed by atoms with van der Waals surface area (Å²) >= 11 is 0. The number of hydrogen-bond acceptors (Lipinski definition) is 5. The van der Waals surface area contributed by atoms with Crippen molar-refractivity contribution in [1.82, 2.24) is 20.2 Å². The maximum Gasteiger partial charge on any atom is 0.121 e. The highest BCUT2D eigenvalue weighted by Crippen LogP contribution is 2.32. The fourth-order valence-electron chi connectivity index (χ4n) is 3.52. The Balaban J connectivity index is 1.62. The number of nitrogens with zero attached hydrogens (tertiary/aromatic N) is 3. The maximum atomic E-state index is 5.78. The SMILES string of the molecule is CCCCOc1ccc(-c2nnc(-c3ccc(OCCCC)cc3)c3[nH]c(C)nc23)cc1. The first-order valence-corrected chi connectivity index (χ1v) is 11.4. The second-order valence-corrected chi connectivity index (χ2v) is 7.90. The molecule has 0 aliphatic carbocycles. The lowest BCUT2D eigenvalue weighted by atomic mass is 10.1. The van der Waals surface area contributed by atoms with E-state index in [1.54, 1.807) is 0 Å². The summed E-state index contributed by atoms with van der Waals surface area (Å²) in [6.07, 6.45) is 4.33. The Hall–Kier alpha value is -3.41. The Labute approximate surface area is 189 Å². The van der Waals surface area contributed by atoms with E-state index in [1.165, 1.54) is 0 Å². The van der Waals surface area contributed by atoms with Gasteiger partial charge in [0.15, 0.2) is 0 Å². The lowest BCUT2D eigenvalue weighted by Crippen LogP contribution is -1.98. The van der Waals surface area contributed by atoms with Gasteiger partial charge in [0.1, 0.15) is 34.2 Å². The summed E-state index contributed by atoms with van der Waals surface area (Å²) in [6.45, 7) is 7.72. The van der Waals surface area contributed by atoms with E-state index in [-0.39, 0.29) is 0 Å². The molecule has 4 rings (SSSR count). The van der Waals surface area contributed by atoms with E-state index in [0.717, 1.165) is 89.8 Å². The van der Waals surface area contributed by atoms with Crippen molar-refractivity contribution in [2.45, 2.75) is 46.5 Å². The van der Waals surface area contributed by atoms with Gasteiger partial charge in [-0.15, -0.1) is 10.2 Å². The third kappa shape index (κ3) is 4.90. The normalized spacial score (nSPS) is 11.1. The highest BCUT2D eigenvalue weighted by atomic mass is 16.5. The van der Waals surface area contributed by atoms with Gasteiger partial charge in [-0.2, -0.15) is 0 Å². The zero-order valence-electron chi connectivity index (χ0n) is 19.0. The van der Waals surface area contributed by atoms with Crippen LogP contribution in [0.3, 0.4) is 0 Å². The van der Waals surface area contributed by atoms with Gasteiger partial charge in [-0.25, -0.2) is 4.98 Å². The average Bonchev–Trinajstić information content (AvgIpc) is 3.21. The van der Waals surface area contributed by atoms with Crippen LogP contribution in [0.2, 0.25) is 0 Å². The molecule has 2 aromatic carbocycles. The average molecular weight is 431 g/mol. The Morgan fingerprint density at radius 1 is 0.719 bits per heavy atom. The van der Waals surface area contributed by atoms with Crippen LogP contribution >= 0.6 is 0 Å². The standard InChI is InChI=1S/C26H30N4O2/c1-4-6-16-31-21-12-8-19(9-13-21)23-25-26(28-18(3)27-25)24(30-29-23)20-10-14-22(15-11-20)32-17-7-5-2/h8-15H,4-7,16-17H2,1-3H3,(H,27,28). The molecule has 0 bridgehead atoms. The van der Waals surface area contributed by atoms with E-state index in [9.17, 15) is 0 Å². The number of aromatic amines is 1. The molecule has 0 atom stereocenters. The molecule has 0 unspecified atom stereocenters. The number of nitrogens with one attached hydrogen (secondary N) is 1. The number of ether oxygens (including phenoxy) is 2. The molecular formula is C26H30N4O2. The fourth-order valence-corrected chi connectivity index (χ4v) is 3.52. The predicted octanol–water partition coefficient (Wildman–Crippen LogP) is 6.35. The molecule has 0 aliphatic rings. The number of hydrogen-bond donors (Lipinski definition) is 1. The minimum Gasteiger partial charge on any atom is -0.494 e. The van der Waals surface area contributed by atoms with Crippen LogP contribution in [-0.2, 0) is 0 Å². The summed E-state index contributed by atoms with van der Waals surface area (Å²) < 4.78 is 11.6. The van der Waals surface area contributed by atoms with Gasteiger partial charge in [-0.05, 0) is 68.3 Å². The molecular weight excluding hydrogens is 400 g/mol. The molecule has 0 fully saturated rings. The first-order valence-electron chi connectivity index (χ1n) is 11.4. The second kappa shape index (κ2) is 10.3. The Kier molecular flexibility index (Phi) is 7.00. The molecule has 1 N–H and O–H groups in total. The monoisotopic (exact) mass is 430 g/mol. The quantitative estimate of drug-likeness (QED) is 0.297. The van der Waals surface area contributed by atoms with Crippen LogP contribution in [0, 0.1) is 6.92 Å². The van der Waals surface area contributed by atoms with Gasteiger partial charge in [-0.1, -0.05) is 26.7 Å². The minimum atomic E-state index is 0.732. The molecule has 32 heavy (non-hydrogen) atoms. The lowest BCUT2D eigenvalue weighted by molar-refractivity contribution is 0.309. The van der Waals surface area contributed by atoms with Gasteiger partial charge in [-0.3, -0.25) is 0 Å². The largest absolute Gasteiger partial charge is 0.494 e. The summed E-state index contributed by atoms with van der Waals surface area (Å²) in [5, 5.41) is 9.11. The van der Waals surface area contributed by atoms with E-state index in [0.29, 0.717) is 0 Å². The molecule has 2 aromatic heterocycles. The van der Waals surface area contributed by atoms with E-state index in [4.69, 9.17) is 14.5 Å². The highest BCUT2D eigenvalue weighted by molar-refractivity contribution is 5.97. The Morgan fingerprint density at radius 2 is 1.22 bits per heavy atom. The summed E-state index contributed by atoms with van der Waals surface area (Å²) in [6, 6.07) is 16.0. The Bertz CT molecular complexity index is 1060. The molecule has 6 heteroatoms. The number of aryl methyl sites for hydroxylation is 1. The number of benzene rings is 2. The van der Waals surface area contributed by atoms with Crippen molar-refractivity contribution in [3.63, 3.8) is 0 Å². The van der Waals surface area contributed by atoms with Crippen LogP contribution < -0.4 is 9.47 Å². The maximum absolute atomic E-state index is 5.78. The van der Waals surface area contributed by atoms with Crippen molar-refractivity contribution >= 4 is 11.0 Å². The van der Waals surface area contributed by atoms with Gasteiger partial charge in [0.25, 0.3) is 0 Å². The molecule has 0 saturated heterocycles. The number of aromatic nitrogens is 4. The first-order chi connectivity index (χ1) is 15.7. The molecule has 0 radical (unpaired) electrons. The molecule has 0 spiro atoms. The molecule has 4 aromatic rings. The number of rotatable bonds is 10. The van der Waals surface area contributed by atoms with Gasteiger partial charge < -0.3 is 14.5 Å². The van der Waals surface area contributed by atoms with Crippen LogP contribution in [0.15, 0.2) is 48.5 Å². The van der Waals surface area contributed by atoms with Crippen molar-refractivity contribution in [2.24, 2.45) is 0 Å². The Morgan fingerprint density at radius 3 is 1.75 bits per heavy atom. The van der Waals surface area contributed by atoms with Gasteiger partial charge in [0.05, 0.1) is 18.7 Å². The van der Waals surface area contributed by atoms with E-state index < -0.39 is 0 Å². The summed E-state index contributed by atoms with van der Waals surface area (Å²) in [5.41, 5.74) is 5.17. The molecule has 0 amide bonds. The lowest BCUT2D eigenvalue weighted by Gasteiger charge is -2.09. The zero-order valence-corrected chi connectivity index (χ0v) is 19.0.